The van der Waals surface area contributed by atoms with Gasteiger partial charge in [-0.15, -0.1) is 0 Å². The smallest absolute Gasteiger partial charge is 0.323 e. The number of rotatable bonds is 12. The van der Waals surface area contributed by atoms with Gasteiger partial charge in [-0.3, -0.25) is 14.4 Å². The summed E-state index contributed by atoms with van der Waals surface area (Å²) in [7, 11) is -4.08. The molecule has 2 heterocycles. The lowest BCUT2D eigenvalue weighted by Crippen LogP contribution is -2.48. The highest BCUT2D eigenvalue weighted by atomic mass is 32.2. The molecule has 1 aliphatic rings. The lowest BCUT2D eigenvalue weighted by Gasteiger charge is -2.15. The fourth-order valence-corrected chi connectivity index (χ4v) is 4.64. The van der Waals surface area contributed by atoms with Crippen molar-refractivity contribution in [3.63, 3.8) is 0 Å². The molecule has 14 heteroatoms. The number of sulfonamides is 1. The Morgan fingerprint density at radius 3 is 2.65 bits per heavy atom. The van der Waals surface area contributed by atoms with E-state index in [0.717, 1.165) is 6.54 Å². The van der Waals surface area contributed by atoms with Crippen molar-refractivity contribution in [1.29, 1.82) is 0 Å². The maximum atomic E-state index is 12.6. The van der Waals surface area contributed by atoms with E-state index < -0.39 is 34.5 Å². The topological polar surface area (TPSA) is 183 Å². The summed E-state index contributed by atoms with van der Waals surface area (Å²) in [5, 5.41) is 15.6. The normalized spacial score (nSPS) is 14.0. The van der Waals surface area contributed by atoms with E-state index in [2.05, 4.69) is 30.8 Å². The molecule has 1 atom stereocenters. The highest BCUT2D eigenvalue weighted by Crippen LogP contribution is 2.22. The van der Waals surface area contributed by atoms with Crippen LogP contribution in [0.2, 0.25) is 0 Å². The number of H-pyrrole nitrogens is 1. The van der Waals surface area contributed by atoms with Gasteiger partial charge >= 0.3 is 5.97 Å². The molecule has 2 aromatic carbocycles. The molecule has 0 radical (unpaired) electrons. The summed E-state index contributed by atoms with van der Waals surface area (Å²) in [6.45, 7) is 1.56. The van der Waals surface area contributed by atoms with Gasteiger partial charge in [-0.25, -0.2) is 18.9 Å². The number of carbonyl (C=O) groups is 2. The van der Waals surface area contributed by atoms with Gasteiger partial charge < -0.3 is 25.5 Å². The number of aromatic nitrogens is 1. The zero-order valence-electron chi connectivity index (χ0n) is 19.6. The van der Waals surface area contributed by atoms with Gasteiger partial charge in [-0.2, -0.15) is 4.72 Å². The number of nitrogens with one attached hydrogen (secondary N) is 5. The minimum Gasteiger partial charge on any atom is -0.491 e. The van der Waals surface area contributed by atoms with Crippen molar-refractivity contribution < 1.29 is 32.7 Å². The Bertz CT molecular complexity index is 1390. The van der Waals surface area contributed by atoms with E-state index in [-0.39, 0.29) is 23.8 Å². The van der Waals surface area contributed by atoms with Gasteiger partial charge in [-0.1, -0.05) is 18.2 Å². The van der Waals surface area contributed by atoms with Crippen LogP contribution in [-0.2, 0) is 19.7 Å². The number of nitrogens with zero attached hydrogens (tertiary/aromatic N) is 1. The molecule has 1 unspecified atom stereocenters. The fraction of sp³-hybridized carbons (Fsp3) is 0.261. The number of carboxylic acid groups (broad SMARTS) is 1. The van der Waals surface area contributed by atoms with Crippen molar-refractivity contribution >= 4 is 38.8 Å². The second-order valence-corrected chi connectivity index (χ2v) is 9.64. The number of amides is 1. The monoisotopic (exact) mass is 530 g/mol. The molecule has 4 rings (SSSR count). The van der Waals surface area contributed by atoms with Gasteiger partial charge in [0.15, 0.2) is 0 Å². The number of ether oxygens (including phenoxy) is 1. The van der Waals surface area contributed by atoms with Crippen LogP contribution in [0.15, 0.2) is 64.5 Å². The number of hydrogen-bond acceptors (Lipinski definition) is 9. The summed E-state index contributed by atoms with van der Waals surface area (Å²) in [6, 6.07) is 12.6. The summed E-state index contributed by atoms with van der Waals surface area (Å²) in [5.74, 6) is -0.862. The van der Waals surface area contributed by atoms with E-state index in [1.165, 1.54) is 24.3 Å². The van der Waals surface area contributed by atoms with Gasteiger partial charge in [-0.05, 0) is 36.4 Å². The number of guanidine groups is 1. The molecule has 0 saturated carbocycles. The molecule has 1 aliphatic heterocycles. The quantitative estimate of drug-likeness (QED) is 0.141. The molecule has 0 saturated heterocycles. The van der Waals surface area contributed by atoms with E-state index in [9.17, 15) is 23.1 Å². The Kier molecular flexibility index (Phi) is 8.22. The largest absolute Gasteiger partial charge is 0.491 e. The highest BCUT2D eigenvalue weighted by molar-refractivity contribution is 7.89. The van der Waals surface area contributed by atoms with Crippen molar-refractivity contribution in [2.24, 2.45) is 4.99 Å². The lowest BCUT2D eigenvalue weighted by molar-refractivity contribution is -0.138. The molecule has 3 aromatic rings. The lowest BCUT2D eigenvalue weighted by atomic mass is 10.2. The highest BCUT2D eigenvalue weighted by Gasteiger charge is 2.26. The third-order valence-corrected chi connectivity index (χ3v) is 6.74. The third kappa shape index (κ3) is 6.97. The van der Waals surface area contributed by atoms with Gasteiger partial charge in [0, 0.05) is 24.0 Å². The van der Waals surface area contributed by atoms with Crippen LogP contribution in [0.3, 0.4) is 0 Å². The van der Waals surface area contributed by atoms with Crippen LogP contribution in [0.25, 0.3) is 10.9 Å². The Morgan fingerprint density at radius 2 is 1.92 bits per heavy atom. The first kappa shape index (κ1) is 25.9. The van der Waals surface area contributed by atoms with Crippen molar-refractivity contribution in [2.75, 3.05) is 32.8 Å². The Balaban J connectivity index is 1.30. The number of fused-ring (bicyclic) bond motifs is 1. The van der Waals surface area contributed by atoms with Crippen LogP contribution >= 0.6 is 0 Å². The molecular formula is C23H26N6O7S. The van der Waals surface area contributed by atoms with E-state index in [4.69, 9.17) is 9.57 Å². The molecule has 0 fully saturated rings. The minimum absolute atomic E-state index is 0.0794. The average molecular weight is 531 g/mol. The molecule has 0 bridgehead atoms. The van der Waals surface area contributed by atoms with Crippen LogP contribution in [0.4, 0.5) is 0 Å². The average Bonchev–Trinajstić information content (AvgIpc) is 3.56. The van der Waals surface area contributed by atoms with Gasteiger partial charge in [0.1, 0.15) is 30.7 Å². The first-order valence-corrected chi connectivity index (χ1v) is 12.8. The molecule has 1 amide bonds. The van der Waals surface area contributed by atoms with Gasteiger partial charge in [0.05, 0.1) is 11.4 Å². The maximum Gasteiger partial charge on any atom is 0.323 e. The van der Waals surface area contributed by atoms with Gasteiger partial charge in [0.2, 0.25) is 16.0 Å². The first-order chi connectivity index (χ1) is 17.8. The number of aromatic amines is 1. The second kappa shape index (κ2) is 11.7. The summed E-state index contributed by atoms with van der Waals surface area (Å²) in [6.07, 6.45) is 0. The Hall–Kier alpha value is -4.14. The predicted octanol–water partition coefficient (Wildman–Crippen LogP) is 0.189. The number of benzene rings is 2. The van der Waals surface area contributed by atoms with Crippen LogP contribution in [-0.4, -0.2) is 75.2 Å². The summed E-state index contributed by atoms with van der Waals surface area (Å²) in [4.78, 5) is 36.5. The SMILES string of the molecule is O=C(NCC(NS(=O)(=O)c1ccccc1)C(=O)O)c1cc2cc(OCCONC3=NCCN3)ccc2[nH]1. The van der Waals surface area contributed by atoms with Crippen molar-refractivity contribution in [1.82, 2.24) is 25.8 Å². The number of aliphatic carboxylic acids is 1. The molecule has 0 aliphatic carbocycles. The first-order valence-electron chi connectivity index (χ1n) is 11.3. The summed E-state index contributed by atoms with van der Waals surface area (Å²) < 4.78 is 32.7. The number of hydrogen-bond donors (Lipinski definition) is 6. The van der Waals surface area contributed by atoms with E-state index >= 15 is 0 Å². The zero-order valence-corrected chi connectivity index (χ0v) is 20.4. The molecule has 6 N–H and O–H groups in total. The molecule has 0 spiro atoms. The van der Waals surface area contributed by atoms with Crippen LogP contribution < -0.4 is 25.6 Å². The molecule has 196 valence electrons. The number of hydroxylamine groups is 1. The molecule has 1 aromatic heterocycles. The molecule has 37 heavy (non-hydrogen) atoms. The fourth-order valence-electron chi connectivity index (χ4n) is 3.43. The zero-order chi connectivity index (χ0) is 26.3. The predicted molar refractivity (Wildman–Crippen MR) is 134 cm³/mol. The van der Waals surface area contributed by atoms with Gasteiger partial charge in [0.25, 0.3) is 5.91 Å². The van der Waals surface area contributed by atoms with Crippen molar-refractivity contribution in [2.45, 2.75) is 10.9 Å². The maximum absolute atomic E-state index is 12.6. The van der Waals surface area contributed by atoms with E-state index in [1.807, 2.05) is 0 Å². The van der Waals surface area contributed by atoms with Crippen LogP contribution in [0, 0.1) is 0 Å². The third-order valence-electron chi connectivity index (χ3n) is 5.25. The Morgan fingerprint density at radius 1 is 1.11 bits per heavy atom. The second-order valence-electron chi connectivity index (χ2n) is 7.92. The minimum atomic E-state index is -4.08. The number of aliphatic imine (C=N–C) groups is 1. The summed E-state index contributed by atoms with van der Waals surface area (Å²) in [5.41, 5.74) is 3.54. The van der Waals surface area contributed by atoms with Crippen molar-refractivity contribution in [3.8, 4) is 5.75 Å². The van der Waals surface area contributed by atoms with Crippen LogP contribution in [0.5, 0.6) is 5.75 Å². The molecule has 13 nitrogen and oxygen atoms in total. The summed E-state index contributed by atoms with van der Waals surface area (Å²) >= 11 is 0. The Labute approximate surface area is 212 Å². The number of carbonyl (C=O) groups excluding carboxylic acids is 1. The van der Waals surface area contributed by atoms with E-state index in [0.29, 0.717) is 29.2 Å². The molecular weight excluding hydrogens is 504 g/mol. The number of carboxylic acids is 1. The van der Waals surface area contributed by atoms with Crippen molar-refractivity contribution in [3.05, 3.63) is 60.3 Å². The van der Waals surface area contributed by atoms with Crippen LogP contribution in [0.1, 0.15) is 10.5 Å². The standard InChI is InChI=1S/C23H26N6O7S/c30-21(26-14-20(22(31)32)29-37(33,34)17-4-2-1-3-5-17)19-13-15-12-16(6-7-18(15)27-19)35-10-11-36-28-23-24-8-9-25-23/h1-7,12-13,20,27,29H,8-11,14H2,(H,26,30)(H,31,32)(H2,24,25,28). The van der Waals surface area contributed by atoms with E-state index in [1.54, 1.807) is 30.3 Å².